The Morgan fingerprint density at radius 3 is 2.82 bits per heavy atom. The van der Waals surface area contributed by atoms with Crippen molar-refractivity contribution in [2.45, 2.75) is 25.4 Å². The zero-order valence-corrected chi connectivity index (χ0v) is 9.81. The van der Waals surface area contributed by atoms with E-state index in [0.717, 1.165) is 29.0 Å². The summed E-state index contributed by atoms with van der Waals surface area (Å²) in [4.78, 5) is 11.5. The third-order valence-electron chi connectivity index (χ3n) is 2.95. The smallest absolute Gasteiger partial charge is 0.335 e. The largest absolute Gasteiger partial charge is 0.392 e. The third kappa shape index (κ3) is 2.57. The minimum absolute atomic E-state index is 0.0728. The van der Waals surface area contributed by atoms with Crippen LogP contribution in [0, 0.1) is 0 Å². The molecule has 92 valence electrons. The number of rotatable bonds is 3. The van der Waals surface area contributed by atoms with E-state index >= 15 is 0 Å². The van der Waals surface area contributed by atoms with Crippen LogP contribution in [0.15, 0.2) is 18.2 Å². The van der Waals surface area contributed by atoms with Crippen LogP contribution in [0.4, 0.5) is 10.5 Å². The van der Waals surface area contributed by atoms with Crippen molar-refractivity contribution >= 4 is 11.7 Å². The zero-order valence-electron chi connectivity index (χ0n) is 9.81. The zero-order chi connectivity index (χ0) is 12.4. The van der Waals surface area contributed by atoms with Gasteiger partial charge in [0, 0.05) is 18.3 Å². The number of carbonyl (C=O) groups is 1. The molecule has 1 aromatic carbocycles. The van der Waals surface area contributed by atoms with E-state index < -0.39 is 6.03 Å². The molecule has 0 unspecified atom stereocenters. The number of carbonyl (C=O) groups excluding carboxylic acids is 1. The molecule has 1 aliphatic rings. The van der Waals surface area contributed by atoms with Gasteiger partial charge in [0.1, 0.15) is 0 Å². The van der Waals surface area contributed by atoms with Crippen LogP contribution in [0.5, 0.6) is 0 Å². The van der Waals surface area contributed by atoms with Gasteiger partial charge in [-0.3, -0.25) is 5.01 Å². The Balaban J connectivity index is 2.26. The average Bonchev–Trinajstić information content (AvgIpc) is 3.12. The van der Waals surface area contributed by atoms with Gasteiger partial charge in [0.05, 0.1) is 6.61 Å². The van der Waals surface area contributed by atoms with Crippen molar-refractivity contribution in [1.29, 1.82) is 0 Å². The molecule has 1 aliphatic carbocycles. The normalized spacial score (nSPS) is 14.5. The number of amides is 2. The minimum atomic E-state index is -0.396. The maximum atomic E-state index is 11.5. The highest BCUT2D eigenvalue weighted by molar-refractivity contribution is 5.89. The minimum Gasteiger partial charge on any atom is -0.392 e. The summed E-state index contributed by atoms with van der Waals surface area (Å²) in [6.07, 6.45) is 2.31. The molecular weight excluding hydrogens is 218 g/mol. The fourth-order valence-corrected chi connectivity index (χ4v) is 1.88. The van der Waals surface area contributed by atoms with Crippen molar-refractivity contribution in [2.24, 2.45) is 5.84 Å². The molecular formula is C12H17N3O2. The number of aliphatic hydroxyl groups excluding tert-OH is 1. The lowest BCUT2D eigenvalue weighted by Crippen LogP contribution is -2.37. The van der Waals surface area contributed by atoms with Gasteiger partial charge in [-0.1, -0.05) is 12.1 Å². The quantitative estimate of drug-likeness (QED) is 0.421. The molecule has 1 saturated carbocycles. The van der Waals surface area contributed by atoms with E-state index in [1.165, 1.54) is 7.05 Å². The molecule has 5 heteroatoms. The Hall–Kier alpha value is -1.59. The van der Waals surface area contributed by atoms with Crippen molar-refractivity contribution in [1.82, 2.24) is 5.01 Å². The molecule has 4 N–H and O–H groups in total. The number of hydrogen-bond donors (Lipinski definition) is 3. The van der Waals surface area contributed by atoms with Crippen LogP contribution in [0.1, 0.15) is 29.9 Å². The number of urea groups is 1. The molecule has 0 aliphatic heterocycles. The topological polar surface area (TPSA) is 78.6 Å². The van der Waals surface area contributed by atoms with Gasteiger partial charge in [0.25, 0.3) is 0 Å². The molecule has 2 amide bonds. The van der Waals surface area contributed by atoms with Crippen LogP contribution < -0.4 is 11.2 Å². The Labute approximate surface area is 100 Å². The molecule has 1 aromatic rings. The van der Waals surface area contributed by atoms with Crippen LogP contribution in [0.2, 0.25) is 0 Å². The maximum absolute atomic E-state index is 11.5. The molecule has 0 aromatic heterocycles. The first-order valence-corrected chi connectivity index (χ1v) is 5.65. The molecule has 0 radical (unpaired) electrons. The van der Waals surface area contributed by atoms with Gasteiger partial charge in [-0.2, -0.15) is 0 Å². The van der Waals surface area contributed by atoms with Gasteiger partial charge in [-0.15, -0.1) is 0 Å². The first-order valence-electron chi connectivity index (χ1n) is 5.65. The van der Waals surface area contributed by atoms with E-state index in [9.17, 15) is 9.90 Å². The molecule has 0 atom stereocenters. The van der Waals surface area contributed by atoms with Crippen LogP contribution in [0.3, 0.4) is 0 Å². The van der Waals surface area contributed by atoms with Gasteiger partial charge in [-0.25, -0.2) is 10.6 Å². The van der Waals surface area contributed by atoms with Gasteiger partial charge in [-0.05, 0) is 30.4 Å². The second-order valence-electron chi connectivity index (χ2n) is 4.35. The summed E-state index contributed by atoms with van der Waals surface area (Å²) < 4.78 is 0. The molecule has 2 rings (SSSR count). The Morgan fingerprint density at radius 2 is 2.29 bits per heavy atom. The number of nitrogens with one attached hydrogen (secondary N) is 1. The summed E-state index contributed by atoms with van der Waals surface area (Å²) in [7, 11) is 1.47. The monoisotopic (exact) mass is 235 g/mol. The van der Waals surface area contributed by atoms with Crippen molar-refractivity contribution in [2.75, 3.05) is 12.4 Å². The predicted molar refractivity (Wildman–Crippen MR) is 65.3 cm³/mol. The molecule has 0 spiro atoms. The second kappa shape index (κ2) is 4.73. The van der Waals surface area contributed by atoms with E-state index in [1.807, 2.05) is 12.1 Å². The SMILES string of the molecule is CN(N)C(=O)Nc1cccc(C2CC2)c1CO. The van der Waals surface area contributed by atoms with Crippen LogP contribution in [-0.4, -0.2) is 23.2 Å². The number of hydrogen-bond acceptors (Lipinski definition) is 3. The summed E-state index contributed by atoms with van der Waals surface area (Å²) in [6, 6.07) is 5.27. The number of nitrogens with two attached hydrogens (primary N) is 1. The lowest BCUT2D eigenvalue weighted by atomic mass is 10.0. The highest BCUT2D eigenvalue weighted by Crippen LogP contribution is 2.43. The molecule has 0 bridgehead atoms. The number of nitrogens with zero attached hydrogens (tertiary/aromatic N) is 1. The summed E-state index contributed by atoms with van der Waals surface area (Å²) in [5.41, 5.74) is 2.56. The lowest BCUT2D eigenvalue weighted by molar-refractivity contribution is 0.223. The number of benzene rings is 1. The van der Waals surface area contributed by atoms with E-state index in [4.69, 9.17) is 5.84 Å². The van der Waals surface area contributed by atoms with Crippen LogP contribution in [-0.2, 0) is 6.61 Å². The van der Waals surface area contributed by atoms with Crippen LogP contribution in [0.25, 0.3) is 0 Å². The second-order valence-corrected chi connectivity index (χ2v) is 4.35. The van der Waals surface area contributed by atoms with Crippen molar-refractivity contribution in [3.63, 3.8) is 0 Å². The molecule has 5 nitrogen and oxygen atoms in total. The number of hydrazine groups is 1. The molecule has 0 heterocycles. The summed E-state index contributed by atoms with van der Waals surface area (Å²) in [6.45, 7) is -0.0728. The van der Waals surface area contributed by atoms with Crippen LogP contribution >= 0.6 is 0 Å². The Bertz CT molecular complexity index is 428. The summed E-state index contributed by atoms with van der Waals surface area (Å²) >= 11 is 0. The first kappa shape index (κ1) is 11.9. The molecule has 0 saturated heterocycles. The van der Waals surface area contributed by atoms with E-state index in [0.29, 0.717) is 11.6 Å². The predicted octanol–water partition coefficient (Wildman–Crippen LogP) is 1.39. The molecule has 1 fully saturated rings. The average molecular weight is 235 g/mol. The maximum Gasteiger partial charge on any atom is 0.335 e. The number of anilines is 1. The van der Waals surface area contributed by atoms with E-state index in [-0.39, 0.29) is 6.61 Å². The van der Waals surface area contributed by atoms with Gasteiger partial charge < -0.3 is 10.4 Å². The fraction of sp³-hybridized carbons (Fsp3) is 0.417. The van der Waals surface area contributed by atoms with Crippen molar-refractivity contribution < 1.29 is 9.90 Å². The van der Waals surface area contributed by atoms with Crippen molar-refractivity contribution in [3.05, 3.63) is 29.3 Å². The third-order valence-corrected chi connectivity index (χ3v) is 2.95. The lowest BCUT2D eigenvalue weighted by Gasteiger charge is -2.16. The molecule has 17 heavy (non-hydrogen) atoms. The standard InChI is InChI=1S/C12H17N3O2/c1-15(13)12(17)14-11-4-2-3-9(8-5-6-8)10(11)7-16/h2-4,8,16H,5-7,13H2,1H3,(H,14,17). The summed E-state index contributed by atoms with van der Waals surface area (Å²) in [5, 5.41) is 13.1. The fourth-order valence-electron chi connectivity index (χ4n) is 1.88. The first-order chi connectivity index (χ1) is 8.13. The van der Waals surface area contributed by atoms with E-state index in [1.54, 1.807) is 6.07 Å². The Kier molecular flexibility index (Phi) is 3.31. The van der Waals surface area contributed by atoms with Gasteiger partial charge in [0.2, 0.25) is 0 Å². The van der Waals surface area contributed by atoms with Gasteiger partial charge in [0.15, 0.2) is 0 Å². The highest BCUT2D eigenvalue weighted by atomic mass is 16.3. The van der Waals surface area contributed by atoms with E-state index in [2.05, 4.69) is 5.32 Å². The number of aliphatic hydroxyl groups is 1. The Morgan fingerprint density at radius 1 is 1.59 bits per heavy atom. The summed E-state index contributed by atoms with van der Waals surface area (Å²) in [5.74, 6) is 5.88. The van der Waals surface area contributed by atoms with Crippen molar-refractivity contribution in [3.8, 4) is 0 Å². The highest BCUT2D eigenvalue weighted by Gasteiger charge is 2.27. The van der Waals surface area contributed by atoms with Gasteiger partial charge >= 0.3 is 6.03 Å².